The fourth-order valence-corrected chi connectivity index (χ4v) is 4.76. The van der Waals surface area contributed by atoms with Gasteiger partial charge in [-0.25, -0.2) is 22.3 Å². The molecular formula is C15H14FN3O2S2. The lowest BCUT2D eigenvalue weighted by molar-refractivity contribution is 0.589. The number of rotatable bonds is 4. The SMILES string of the molecule is CCSc1nn2ccc(C)nc2c1S(=O)(=O)c1cccc(F)c1. The fraction of sp³-hybridized carbons (Fsp3) is 0.200. The summed E-state index contributed by atoms with van der Waals surface area (Å²) < 4.78 is 40.9. The minimum Gasteiger partial charge on any atom is -0.233 e. The number of aromatic nitrogens is 3. The second-order valence-corrected chi connectivity index (χ2v) is 8.00. The second-order valence-electron chi connectivity index (χ2n) is 4.87. The van der Waals surface area contributed by atoms with Crippen LogP contribution in [-0.2, 0) is 9.84 Å². The summed E-state index contributed by atoms with van der Waals surface area (Å²) in [5.74, 6) is 0.0607. The molecule has 5 nitrogen and oxygen atoms in total. The number of aryl methyl sites for hydroxylation is 1. The molecular weight excluding hydrogens is 337 g/mol. The van der Waals surface area contributed by atoms with Crippen LogP contribution in [0.2, 0.25) is 0 Å². The molecule has 23 heavy (non-hydrogen) atoms. The Bertz CT molecular complexity index is 984. The average molecular weight is 351 g/mol. The molecule has 120 valence electrons. The van der Waals surface area contributed by atoms with Crippen molar-refractivity contribution in [3.05, 3.63) is 48.0 Å². The van der Waals surface area contributed by atoms with Gasteiger partial charge in [0.05, 0.1) is 4.90 Å². The van der Waals surface area contributed by atoms with E-state index in [2.05, 4.69) is 10.1 Å². The molecule has 0 amide bonds. The first kappa shape index (κ1) is 15.9. The van der Waals surface area contributed by atoms with E-state index in [1.54, 1.807) is 19.2 Å². The number of sulfone groups is 1. The molecule has 3 aromatic rings. The van der Waals surface area contributed by atoms with Crippen LogP contribution in [0.5, 0.6) is 0 Å². The summed E-state index contributed by atoms with van der Waals surface area (Å²) in [7, 11) is -3.92. The van der Waals surface area contributed by atoms with Crippen molar-refractivity contribution in [2.45, 2.75) is 28.7 Å². The van der Waals surface area contributed by atoms with E-state index in [-0.39, 0.29) is 15.4 Å². The largest absolute Gasteiger partial charge is 0.233 e. The highest BCUT2D eigenvalue weighted by molar-refractivity contribution is 8.00. The molecule has 0 unspecified atom stereocenters. The van der Waals surface area contributed by atoms with Crippen LogP contribution >= 0.6 is 11.8 Å². The van der Waals surface area contributed by atoms with Gasteiger partial charge in [0.15, 0.2) is 10.5 Å². The highest BCUT2D eigenvalue weighted by atomic mass is 32.2. The molecule has 0 spiro atoms. The third-order valence-corrected chi connectivity index (χ3v) is 5.97. The number of benzene rings is 1. The standard InChI is InChI=1S/C15H14FN3O2S2/c1-3-22-15-13(14-17-10(2)7-8-19(14)18-15)23(20,21)12-6-4-5-11(16)9-12/h4-9H,3H2,1-2H3. The molecule has 0 N–H and O–H groups in total. The number of hydrogen-bond acceptors (Lipinski definition) is 5. The van der Waals surface area contributed by atoms with E-state index >= 15 is 0 Å². The lowest BCUT2D eigenvalue weighted by Crippen LogP contribution is -2.04. The first-order chi connectivity index (χ1) is 10.9. The van der Waals surface area contributed by atoms with E-state index in [1.165, 1.54) is 34.5 Å². The maximum absolute atomic E-state index is 13.5. The zero-order valence-electron chi connectivity index (χ0n) is 12.5. The molecule has 0 saturated heterocycles. The van der Waals surface area contributed by atoms with Gasteiger partial charge < -0.3 is 0 Å². The van der Waals surface area contributed by atoms with Gasteiger partial charge in [-0.15, -0.1) is 11.8 Å². The number of thioether (sulfide) groups is 1. The molecule has 2 heterocycles. The van der Waals surface area contributed by atoms with Crippen LogP contribution in [-0.4, -0.2) is 28.8 Å². The molecule has 0 fully saturated rings. The number of fused-ring (bicyclic) bond motifs is 1. The van der Waals surface area contributed by atoms with Crippen LogP contribution < -0.4 is 0 Å². The molecule has 8 heteroatoms. The average Bonchev–Trinajstić information content (AvgIpc) is 2.85. The third kappa shape index (κ3) is 2.84. The van der Waals surface area contributed by atoms with Gasteiger partial charge in [-0.3, -0.25) is 0 Å². The van der Waals surface area contributed by atoms with Crippen molar-refractivity contribution in [3.8, 4) is 0 Å². The molecule has 3 rings (SSSR count). The Kier molecular flexibility index (Phi) is 4.11. The Morgan fingerprint density at radius 1 is 1.30 bits per heavy atom. The lowest BCUT2D eigenvalue weighted by atomic mass is 10.4. The van der Waals surface area contributed by atoms with E-state index in [4.69, 9.17) is 0 Å². The van der Waals surface area contributed by atoms with Gasteiger partial charge in [-0.2, -0.15) is 5.10 Å². The topological polar surface area (TPSA) is 64.3 Å². The Hall–Kier alpha value is -1.93. The van der Waals surface area contributed by atoms with Crippen molar-refractivity contribution in [3.63, 3.8) is 0 Å². The van der Waals surface area contributed by atoms with E-state index in [0.29, 0.717) is 16.5 Å². The van der Waals surface area contributed by atoms with Gasteiger partial charge in [0.25, 0.3) is 0 Å². The quantitative estimate of drug-likeness (QED) is 0.676. The molecule has 0 radical (unpaired) electrons. The number of nitrogens with zero attached hydrogens (tertiary/aromatic N) is 3. The van der Waals surface area contributed by atoms with Gasteiger partial charge in [-0.1, -0.05) is 13.0 Å². The minimum absolute atomic E-state index is 0.0265. The van der Waals surface area contributed by atoms with Crippen molar-refractivity contribution < 1.29 is 12.8 Å². The third-order valence-electron chi connectivity index (χ3n) is 3.21. The normalized spacial score (nSPS) is 12.0. The van der Waals surface area contributed by atoms with Crippen LogP contribution in [0.3, 0.4) is 0 Å². The number of hydrogen-bond donors (Lipinski definition) is 0. The molecule has 0 aliphatic heterocycles. The lowest BCUT2D eigenvalue weighted by Gasteiger charge is -2.05. The molecule has 2 aromatic heterocycles. The molecule has 0 atom stereocenters. The summed E-state index contributed by atoms with van der Waals surface area (Å²) in [6.45, 7) is 3.68. The zero-order valence-corrected chi connectivity index (χ0v) is 14.2. The zero-order chi connectivity index (χ0) is 16.6. The van der Waals surface area contributed by atoms with Gasteiger partial charge >= 0.3 is 0 Å². The van der Waals surface area contributed by atoms with Gasteiger partial charge in [-0.05, 0) is 36.9 Å². The monoisotopic (exact) mass is 351 g/mol. The van der Waals surface area contributed by atoms with Gasteiger partial charge in [0.2, 0.25) is 9.84 Å². The summed E-state index contributed by atoms with van der Waals surface area (Å²) >= 11 is 1.31. The van der Waals surface area contributed by atoms with Crippen LogP contribution in [0.25, 0.3) is 5.65 Å². The van der Waals surface area contributed by atoms with E-state index in [1.807, 2.05) is 6.92 Å². The highest BCUT2D eigenvalue weighted by Crippen LogP contribution is 2.33. The predicted octanol–water partition coefficient (Wildman–Crippen LogP) is 3.12. The second kappa shape index (κ2) is 5.93. The van der Waals surface area contributed by atoms with Gasteiger partial charge in [0.1, 0.15) is 10.8 Å². The Balaban J connectivity index is 2.32. The van der Waals surface area contributed by atoms with Crippen molar-refractivity contribution in [2.24, 2.45) is 0 Å². The maximum Gasteiger partial charge on any atom is 0.213 e. The van der Waals surface area contributed by atoms with E-state index in [9.17, 15) is 12.8 Å². The van der Waals surface area contributed by atoms with Crippen LogP contribution in [0.15, 0.2) is 51.3 Å². The van der Waals surface area contributed by atoms with Crippen molar-refractivity contribution >= 4 is 27.2 Å². The first-order valence-electron chi connectivity index (χ1n) is 6.93. The molecule has 0 bridgehead atoms. The summed E-state index contributed by atoms with van der Waals surface area (Å²) in [6, 6.07) is 6.71. The fourth-order valence-electron chi connectivity index (χ4n) is 2.20. The minimum atomic E-state index is -3.92. The molecule has 0 aliphatic carbocycles. The summed E-state index contributed by atoms with van der Waals surface area (Å²) in [5.41, 5.74) is 0.936. The molecule has 0 aliphatic rings. The van der Waals surface area contributed by atoms with Crippen LogP contribution in [0.1, 0.15) is 12.6 Å². The Morgan fingerprint density at radius 3 is 2.78 bits per heavy atom. The van der Waals surface area contributed by atoms with Crippen LogP contribution in [0.4, 0.5) is 4.39 Å². The molecule has 0 saturated carbocycles. The van der Waals surface area contributed by atoms with Crippen LogP contribution in [0, 0.1) is 12.7 Å². The van der Waals surface area contributed by atoms with Gasteiger partial charge in [0, 0.05) is 11.9 Å². The maximum atomic E-state index is 13.5. The Morgan fingerprint density at radius 2 is 2.09 bits per heavy atom. The summed E-state index contributed by atoms with van der Waals surface area (Å²) in [6.07, 6.45) is 1.67. The summed E-state index contributed by atoms with van der Waals surface area (Å²) in [5, 5.41) is 4.67. The smallest absolute Gasteiger partial charge is 0.213 e. The van der Waals surface area contributed by atoms with Crippen molar-refractivity contribution in [2.75, 3.05) is 5.75 Å². The highest BCUT2D eigenvalue weighted by Gasteiger charge is 2.29. The van der Waals surface area contributed by atoms with Crippen molar-refractivity contribution in [1.29, 1.82) is 0 Å². The van der Waals surface area contributed by atoms with E-state index < -0.39 is 15.7 Å². The van der Waals surface area contributed by atoms with Crippen molar-refractivity contribution in [1.82, 2.24) is 14.6 Å². The first-order valence-corrected chi connectivity index (χ1v) is 9.40. The Labute approximate surface area is 137 Å². The van der Waals surface area contributed by atoms with E-state index in [0.717, 1.165) is 6.07 Å². The molecule has 1 aromatic carbocycles. The predicted molar refractivity (Wildman–Crippen MR) is 86.0 cm³/mol. The number of halogens is 1. The summed E-state index contributed by atoms with van der Waals surface area (Å²) in [4.78, 5) is 4.23.